The van der Waals surface area contributed by atoms with Gasteiger partial charge in [0.05, 0.1) is 17.5 Å². The van der Waals surface area contributed by atoms with Gasteiger partial charge in [0.25, 0.3) is 0 Å². The lowest BCUT2D eigenvalue weighted by Gasteiger charge is -2.17. The topological polar surface area (TPSA) is 54.5 Å². The van der Waals surface area contributed by atoms with Gasteiger partial charge >= 0.3 is 0 Å². The second-order valence-electron chi connectivity index (χ2n) is 7.67. The minimum Gasteiger partial charge on any atom is -0.289 e. The van der Waals surface area contributed by atoms with E-state index in [1.807, 2.05) is 30.3 Å². The largest absolute Gasteiger partial charge is 0.289 e. The summed E-state index contributed by atoms with van der Waals surface area (Å²) in [7, 11) is 0. The number of anilines is 1. The fraction of sp³-hybridized carbons (Fsp3) is 0.208. The number of benzene rings is 2. The van der Waals surface area contributed by atoms with Gasteiger partial charge in [-0.05, 0) is 42.0 Å². The van der Waals surface area contributed by atoms with Gasteiger partial charge in [0, 0.05) is 5.56 Å². The normalized spacial score (nSPS) is 27.8. The van der Waals surface area contributed by atoms with E-state index in [2.05, 4.69) is 12.2 Å². The molecule has 5 rings (SSSR count). The molecular formula is C24H19NO3. The first-order valence-electron chi connectivity index (χ1n) is 9.57. The van der Waals surface area contributed by atoms with Gasteiger partial charge in [-0.1, -0.05) is 60.7 Å². The fourth-order valence-corrected chi connectivity index (χ4v) is 4.79. The number of carbonyl (C=O) groups is 3. The number of rotatable bonds is 4. The Morgan fingerprint density at radius 2 is 1.57 bits per heavy atom. The summed E-state index contributed by atoms with van der Waals surface area (Å²) in [5, 5.41) is 0. The van der Waals surface area contributed by atoms with E-state index in [1.165, 1.54) is 11.0 Å². The highest BCUT2D eigenvalue weighted by Gasteiger charge is 2.59. The molecule has 2 fully saturated rings. The molecular weight excluding hydrogens is 350 g/mol. The summed E-state index contributed by atoms with van der Waals surface area (Å²) in [6, 6.07) is 16.3. The van der Waals surface area contributed by atoms with Crippen LogP contribution in [-0.4, -0.2) is 17.6 Å². The summed E-state index contributed by atoms with van der Waals surface area (Å²) in [5.74, 6) is -0.285. The lowest BCUT2D eigenvalue weighted by molar-refractivity contribution is -0.123. The van der Waals surface area contributed by atoms with Crippen LogP contribution in [0, 0.1) is 23.7 Å². The molecule has 4 atom stereocenters. The van der Waals surface area contributed by atoms with E-state index in [1.54, 1.807) is 30.3 Å². The molecule has 1 aliphatic heterocycles. The number of hydrogen-bond donors (Lipinski definition) is 0. The summed E-state index contributed by atoms with van der Waals surface area (Å²) in [5.41, 5.74) is 1.98. The van der Waals surface area contributed by atoms with E-state index >= 15 is 0 Å². The van der Waals surface area contributed by atoms with Gasteiger partial charge in [-0.3, -0.25) is 14.4 Å². The maximum Gasteiger partial charge on any atom is 0.238 e. The minimum atomic E-state index is -0.207. The lowest BCUT2D eigenvalue weighted by atomic mass is 9.85. The Morgan fingerprint density at radius 1 is 0.893 bits per heavy atom. The van der Waals surface area contributed by atoms with E-state index in [-0.39, 0.29) is 41.3 Å². The predicted molar refractivity (Wildman–Crippen MR) is 106 cm³/mol. The van der Waals surface area contributed by atoms with Crippen molar-refractivity contribution in [1.82, 2.24) is 0 Å². The van der Waals surface area contributed by atoms with Gasteiger partial charge in [-0.2, -0.15) is 0 Å². The van der Waals surface area contributed by atoms with Crippen LogP contribution >= 0.6 is 0 Å². The predicted octanol–water partition coefficient (Wildman–Crippen LogP) is 3.89. The molecule has 1 saturated heterocycles. The Balaban J connectivity index is 1.39. The number of ketones is 1. The SMILES string of the molecule is O=C(/C=C/c1cccc(N2C(=O)[C@@H]3[C@H](C2=O)[C@@H]2C=C[C@H]3C2)c1)c1ccccc1. The van der Waals surface area contributed by atoms with Crippen molar-refractivity contribution in [3.63, 3.8) is 0 Å². The van der Waals surface area contributed by atoms with Crippen LogP contribution in [-0.2, 0) is 9.59 Å². The van der Waals surface area contributed by atoms with E-state index in [9.17, 15) is 14.4 Å². The zero-order valence-electron chi connectivity index (χ0n) is 15.2. The quantitative estimate of drug-likeness (QED) is 0.356. The highest BCUT2D eigenvalue weighted by Crippen LogP contribution is 2.53. The van der Waals surface area contributed by atoms with Crippen molar-refractivity contribution in [3.05, 3.63) is 84.0 Å². The molecule has 28 heavy (non-hydrogen) atoms. The second-order valence-corrected chi connectivity index (χ2v) is 7.67. The third-order valence-electron chi connectivity index (χ3n) is 6.08. The number of imide groups is 1. The zero-order chi connectivity index (χ0) is 19.3. The van der Waals surface area contributed by atoms with Gasteiger partial charge in [-0.25, -0.2) is 4.90 Å². The van der Waals surface area contributed by atoms with Crippen molar-refractivity contribution in [2.24, 2.45) is 23.7 Å². The standard InChI is InChI=1S/C24H19NO3/c26-20(16-6-2-1-3-7-16)12-9-15-5-4-8-19(13-15)25-23(27)21-17-10-11-18(14-17)22(21)24(25)28/h1-13,17-18,21-22H,14H2/b12-9+/t17-,18+,21-,22+. The van der Waals surface area contributed by atoms with E-state index in [0.29, 0.717) is 11.3 Å². The van der Waals surface area contributed by atoms with Gasteiger partial charge < -0.3 is 0 Å². The molecule has 3 aliphatic rings. The fourth-order valence-electron chi connectivity index (χ4n) is 4.79. The third-order valence-corrected chi connectivity index (χ3v) is 6.08. The minimum absolute atomic E-state index is 0.0866. The van der Waals surface area contributed by atoms with Crippen molar-refractivity contribution < 1.29 is 14.4 Å². The van der Waals surface area contributed by atoms with Crippen molar-refractivity contribution in [2.45, 2.75) is 6.42 Å². The first-order valence-corrected chi connectivity index (χ1v) is 9.57. The third kappa shape index (κ3) is 2.56. The zero-order valence-corrected chi connectivity index (χ0v) is 15.2. The highest BCUT2D eigenvalue weighted by atomic mass is 16.2. The van der Waals surface area contributed by atoms with Crippen LogP contribution in [0.2, 0.25) is 0 Å². The summed E-state index contributed by atoms with van der Waals surface area (Å²) in [4.78, 5) is 39.5. The molecule has 2 bridgehead atoms. The van der Waals surface area contributed by atoms with Crippen LogP contribution < -0.4 is 4.90 Å². The van der Waals surface area contributed by atoms with Gasteiger partial charge in [0.2, 0.25) is 11.8 Å². The van der Waals surface area contributed by atoms with Crippen molar-refractivity contribution in [1.29, 1.82) is 0 Å². The Bertz CT molecular complexity index is 1010. The molecule has 2 aromatic rings. The Labute approximate surface area is 163 Å². The average molecular weight is 369 g/mol. The molecule has 1 heterocycles. The maximum absolute atomic E-state index is 12.9. The Hall–Kier alpha value is -3.27. The summed E-state index contributed by atoms with van der Waals surface area (Å²) in [6.07, 6.45) is 8.34. The average Bonchev–Trinajstić information content (AvgIpc) is 3.41. The van der Waals surface area contributed by atoms with Crippen LogP contribution in [0.4, 0.5) is 5.69 Å². The van der Waals surface area contributed by atoms with Crippen LogP contribution in [0.3, 0.4) is 0 Å². The molecule has 4 nitrogen and oxygen atoms in total. The molecule has 0 spiro atoms. The number of fused-ring (bicyclic) bond motifs is 5. The summed E-state index contributed by atoms with van der Waals surface area (Å²) < 4.78 is 0. The van der Waals surface area contributed by atoms with E-state index in [0.717, 1.165) is 12.0 Å². The van der Waals surface area contributed by atoms with Crippen LogP contribution in [0.25, 0.3) is 6.08 Å². The number of nitrogens with zero attached hydrogens (tertiary/aromatic N) is 1. The van der Waals surface area contributed by atoms with Gasteiger partial charge in [0.15, 0.2) is 5.78 Å². The molecule has 2 aromatic carbocycles. The molecule has 1 saturated carbocycles. The molecule has 0 N–H and O–H groups in total. The van der Waals surface area contributed by atoms with E-state index in [4.69, 9.17) is 0 Å². The molecule has 138 valence electrons. The smallest absolute Gasteiger partial charge is 0.238 e. The number of hydrogen-bond acceptors (Lipinski definition) is 3. The number of carbonyl (C=O) groups excluding carboxylic acids is 3. The Kier molecular flexibility index (Phi) is 3.86. The Morgan fingerprint density at radius 3 is 2.25 bits per heavy atom. The first-order chi connectivity index (χ1) is 13.6. The summed E-state index contributed by atoms with van der Waals surface area (Å²) in [6.45, 7) is 0. The summed E-state index contributed by atoms with van der Waals surface area (Å²) >= 11 is 0. The second kappa shape index (κ2) is 6.41. The molecule has 0 aromatic heterocycles. The number of allylic oxidation sites excluding steroid dienone is 3. The van der Waals surface area contributed by atoms with Crippen molar-refractivity contribution in [2.75, 3.05) is 4.90 Å². The maximum atomic E-state index is 12.9. The van der Waals surface area contributed by atoms with Crippen LogP contribution in [0.1, 0.15) is 22.3 Å². The van der Waals surface area contributed by atoms with Crippen molar-refractivity contribution in [3.8, 4) is 0 Å². The van der Waals surface area contributed by atoms with Gasteiger partial charge in [0.1, 0.15) is 0 Å². The molecule has 0 radical (unpaired) electrons. The molecule has 2 amide bonds. The van der Waals surface area contributed by atoms with Crippen LogP contribution in [0.5, 0.6) is 0 Å². The lowest BCUT2D eigenvalue weighted by Crippen LogP contribution is -2.32. The molecule has 4 heteroatoms. The molecule has 2 aliphatic carbocycles. The van der Waals surface area contributed by atoms with Crippen LogP contribution in [0.15, 0.2) is 72.8 Å². The van der Waals surface area contributed by atoms with Crippen molar-refractivity contribution >= 4 is 29.4 Å². The monoisotopic (exact) mass is 369 g/mol. The van der Waals surface area contributed by atoms with E-state index < -0.39 is 0 Å². The van der Waals surface area contributed by atoms with Gasteiger partial charge in [-0.15, -0.1) is 0 Å². The highest BCUT2D eigenvalue weighted by molar-refractivity contribution is 6.23. The molecule has 0 unspecified atom stereocenters. The first kappa shape index (κ1) is 16.9. The number of amides is 2.